The molecule has 0 amide bonds. The molecule has 0 aromatic heterocycles. The lowest BCUT2D eigenvalue weighted by atomic mass is 10.2. The maximum atomic E-state index is 10.6. The Hall–Kier alpha value is -0.180. The highest BCUT2D eigenvalue weighted by Crippen LogP contribution is 2.19. The van der Waals surface area contributed by atoms with Crippen LogP contribution in [0, 0.1) is 5.92 Å². The Labute approximate surface area is 77.5 Å². The van der Waals surface area contributed by atoms with Crippen molar-refractivity contribution in [2.24, 2.45) is 5.92 Å². The molecule has 0 radical (unpaired) electrons. The first-order valence-electron chi connectivity index (χ1n) is 3.53. The third kappa shape index (κ3) is 3.59. The molecule has 0 aliphatic heterocycles. The molecule has 1 atom stereocenters. The van der Waals surface area contributed by atoms with Gasteiger partial charge in [0.1, 0.15) is 0 Å². The Morgan fingerprint density at radius 3 is 1.46 bits per heavy atom. The lowest BCUT2D eigenvalue weighted by Crippen LogP contribution is -2.35. The summed E-state index contributed by atoms with van der Waals surface area (Å²) in [7, 11) is -9.54. The van der Waals surface area contributed by atoms with Gasteiger partial charge in [-0.2, -0.15) is 16.8 Å². The summed E-state index contributed by atoms with van der Waals surface area (Å²) in [5, 5.41) is 0. The fraction of sp³-hybridized carbons (Fsp3) is 1.00. The average Bonchev–Trinajstić information content (AvgIpc) is 1.80. The smallest absolute Gasteiger partial charge is 0.284 e. The monoisotopic (exact) mass is 232 g/mol. The van der Waals surface area contributed by atoms with Gasteiger partial charge < -0.3 is 0 Å². The van der Waals surface area contributed by atoms with Gasteiger partial charge in [0.25, 0.3) is 20.2 Å². The summed E-state index contributed by atoms with van der Waals surface area (Å²) in [4.78, 5) is 0. The zero-order valence-corrected chi connectivity index (χ0v) is 8.84. The van der Waals surface area contributed by atoms with Gasteiger partial charge in [-0.1, -0.05) is 20.3 Å². The van der Waals surface area contributed by atoms with Crippen molar-refractivity contribution < 1.29 is 25.9 Å². The summed E-state index contributed by atoms with van der Waals surface area (Å²) in [6, 6.07) is 0. The molecule has 80 valence electrons. The quantitative estimate of drug-likeness (QED) is 0.667. The molecular formula is C5H12O6S2. The van der Waals surface area contributed by atoms with Crippen molar-refractivity contribution in [1.82, 2.24) is 0 Å². The summed E-state index contributed by atoms with van der Waals surface area (Å²) in [6.45, 7) is 2.86. The van der Waals surface area contributed by atoms with E-state index in [-0.39, 0.29) is 6.42 Å². The molecule has 8 heteroatoms. The lowest BCUT2D eigenvalue weighted by molar-refractivity contribution is 0.425. The molecule has 0 aromatic carbocycles. The van der Waals surface area contributed by atoms with Gasteiger partial charge in [0, 0.05) is 0 Å². The Balaban J connectivity index is 5.27. The second-order valence-corrected chi connectivity index (χ2v) is 6.16. The Morgan fingerprint density at radius 1 is 1.08 bits per heavy atom. The lowest BCUT2D eigenvalue weighted by Gasteiger charge is -2.16. The molecule has 0 rings (SSSR count). The SMILES string of the molecule is CCC(C)C(S(=O)(=O)O)S(=O)(=O)O. The van der Waals surface area contributed by atoms with Crippen LogP contribution in [-0.2, 0) is 20.2 Å². The Kier molecular flexibility index (Phi) is 3.85. The number of hydrogen-bond donors (Lipinski definition) is 2. The minimum atomic E-state index is -4.77. The van der Waals surface area contributed by atoms with Crippen molar-refractivity contribution in [1.29, 1.82) is 0 Å². The number of rotatable bonds is 4. The fourth-order valence-corrected chi connectivity index (χ4v) is 3.72. The van der Waals surface area contributed by atoms with Crippen LogP contribution in [0.1, 0.15) is 20.3 Å². The first-order chi connectivity index (χ1) is 5.60. The molecule has 13 heavy (non-hydrogen) atoms. The average molecular weight is 232 g/mol. The third-order valence-corrected chi connectivity index (χ3v) is 5.26. The van der Waals surface area contributed by atoms with Crippen molar-refractivity contribution in [3.63, 3.8) is 0 Å². The molecule has 6 nitrogen and oxygen atoms in total. The molecule has 0 spiro atoms. The normalized spacial score (nSPS) is 16.1. The molecule has 0 fully saturated rings. The van der Waals surface area contributed by atoms with Gasteiger partial charge in [0.2, 0.25) is 4.58 Å². The summed E-state index contributed by atoms with van der Waals surface area (Å²) < 4.78 is 57.3. The first-order valence-corrected chi connectivity index (χ1v) is 6.54. The molecule has 2 N–H and O–H groups in total. The highest BCUT2D eigenvalue weighted by molar-refractivity contribution is 8.04. The molecular weight excluding hydrogens is 220 g/mol. The van der Waals surface area contributed by atoms with Crippen molar-refractivity contribution in [2.45, 2.75) is 24.9 Å². The molecule has 0 aliphatic carbocycles. The standard InChI is InChI=1S/C5H12O6S2/c1-3-4(2)5(12(6,7)8)13(9,10)11/h4-5H,3H2,1-2H3,(H,6,7,8)(H,9,10,11). The summed E-state index contributed by atoms with van der Waals surface area (Å²) in [5.74, 6) is -0.856. The Bertz CT molecular complexity index is 320. The van der Waals surface area contributed by atoms with Gasteiger partial charge in [-0.25, -0.2) is 0 Å². The van der Waals surface area contributed by atoms with Crippen molar-refractivity contribution in [2.75, 3.05) is 0 Å². The summed E-state index contributed by atoms with van der Waals surface area (Å²) in [5.41, 5.74) is 0. The predicted octanol–water partition coefficient (Wildman–Crippen LogP) is 0.134. The van der Waals surface area contributed by atoms with Crippen LogP contribution >= 0.6 is 0 Å². The summed E-state index contributed by atoms with van der Waals surface area (Å²) >= 11 is 0. The van der Waals surface area contributed by atoms with E-state index in [0.29, 0.717) is 0 Å². The van der Waals surface area contributed by atoms with Gasteiger partial charge in [0.15, 0.2) is 0 Å². The first kappa shape index (κ1) is 12.8. The van der Waals surface area contributed by atoms with Gasteiger partial charge in [-0.05, 0) is 5.92 Å². The van der Waals surface area contributed by atoms with Crippen LogP contribution in [0.25, 0.3) is 0 Å². The van der Waals surface area contributed by atoms with Gasteiger partial charge in [0.05, 0.1) is 0 Å². The van der Waals surface area contributed by atoms with E-state index in [1.807, 2.05) is 0 Å². The molecule has 0 aliphatic rings. The molecule has 0 saturated carbocycles. The molecule has 0 aromatic rings. The largest absolute Gasteiger partial charge is 0.285 e. The van der Waals surface area contributed by atoms with Crippen molar-refractivity contribution in [3.8, 4) is 0 Å². The zero-order chi connectivity index (χ0) is 10.9. The maximum Gasteiger partial charge on any atom is 0.285 e. The fourth-order valence-electron chi connectivity index (χ4n) is 0.933. The maximum absolute atomic E-state index is 10.6. The van der Waals surface area contributed by atoms with Gasteiger partial charge in [-0.3, -0.25) is 9.11 Å². The second kappa shape index (κ2) is 3.91. The van der Waals surface area contributed by atoms with Crippen LogP contribution < -0.4 is 0 Å². The van der Waals surface area contributed by atoms with E-state index in [1.165, 1.54) is 6.92 Å². The minimum absolute atomic E-state index is 0.213. The predicted molar refractivity (Wildman–Crippen MR) is 46.3 cm³/mol. The van der Waals surface area contributed by atoms with E-state index in [9.17, 15) is 16.8 Å². The molecule has 0 saturated heterocycles. The van der Waals surface area contributed by atoms with Crippen LogP contribution in [0.15, 0.2) is 0 Å². The summed E-state index contributed by atoms with van der Waals surface area (Å²) in [6.07, 6.45) is 0.213. The van der Waals surface area contributed by atoms with Crippen LogP contribution in [-0.4, -0.2) is 30.5 Å². The zero-order valence-electron chi connectivity index (χ0n) is 7.21. The van der Waals surface area contributed by atoms with E-state index < -0.39 is 30.7 Å². The van der Waals surface area contributed by atoms with Crippen molar-refractivity contribution in [3.05, 3.63) is 0 Å². The van der Waals surface area contributed by atoms with Gasteiger partial charge in [-0.15, -0.1) is 0 Å². The Morgan fingerprint density at radius 2 is 1.38 bits per heavy atom. The van der Waals surface area contributed by atoms with Crippen LogP contribution in [0.4, 0.5) is 0 Å². The molecule has 0 bridgehead atoms. The van der Waals surface area contributed by atoms with Gasteiger partial charge >= 0.3 is 0 Å². The van der Waals surface area contributed by atoms with E-state index in [1.54, 1.807) is 6.92 Å². The second-order valence-electron chi connectivity index (χ2n) is 2.78. The highest BCUT2D eigenvalue weighted by Gasteiger charge is 2.39. The van der Waals surface area contributed by atoms with E-state index >= 15 is 0 Å². The van der Waals surface area contributed by atoms with E-state index in [0.717, 1.165) is 0 Å². The number of hydrogen-bond acceptors (Lipinski definition) is 4. The highest BCUT2D eigenvalue weighted by atomic mass is 32.3. The third-order valence-electron chi connectivity index (χ3n) is 1.70. The van der Waals surface area contributed by atoms with E-state index in [4.69, 9.17) is 9.11 Å². The van der Waals surface area contributed by atoms with Crippen LogP contribution in [0.2, 0.25) is 0 Å². The molecule has 0 heterocycles. The minimum Gasteiger partial charge on any atom is -0.284 e. The van der Waals surface area contributed by atoms with Crippen LogP contribution in [0.5, 0.6) is 0 Å². The van der Waals surface area contributed by atoms with E-state index in [2.05, 4.69) is 0 Å². The molecule has 1 unspecified atom stereocenters. The van der Waals surface area contributed by atoms with Crippen LogP contribution in [0.3, 0.4) is 0 Å². The van der Waals surface area contributed by atoms with Crippen molar-refractivity contribution >= 4 is 20.2 Å². The topological polar surface area (TPSA) is 109 Å².